The smallest absolute Gasteiger partial charge is 0.318 e. The van der Waals surface area contributed by atoms with E-state index in [4.69, 9.17) is 0 Å². The van der Waals surface area contributed by atoms with Gasteiger partial charge < -0.3 is 4.90 Å². The average Bonchev–Trinajstić information content (AvgIpc) is 2.77. The van der Waals surface area contributed by atoms with Crippen LogP contribution in [0.2, 0.25) is 0 Å². The molecule has 2 aromatic carbocycles. The number of para-hydroxylation sites is 2. The summed E-state index contributed by atoms with van der Waals surface area (Å²) in [5.74, 6) is 0. The number of anilines is 2. The third-order valence-corrected chi connectivity index (χ3v) is 6.38. The van der Waals surface area contributed by atoms with Gasteiger partial charge in [0, 0.05) is 12.1 Å². The standard InChI is InChI=1S/C25H32N2O/c28-25(26(21-13-5-1-6-14-21)22-15-7-2-8-16-22)27(23-17-9-3-10-18-23)24-19-11-4-12-20-24/h1-2,5-8,13-16,23-24H,3-4,9-12,17-20H2. The van der Waals surface area contributed by atoms with Gasteiger partial charge in [-0.3, -0.25) is 4.90 Å². The van der Waals surface area contributed by atoms with Gasteiger partial charge in [0.1, 0.15) is 0 Å². The van der Waals surface area contributed by atoms with Crippen LogP contribution in [0.3, 0.4) is 0 Å². The summed E-state index contributed by atoms with van der Waals surface area (Å²) >= 11 is 0. The molecule has 0 spiro atoms. The summed E-state index contributed by atoms with van der Waals surface area (Å²) in [5, 5.41) is 0. The third kappa shape index (κ3) is 4.24. The topological polar surface area (TPSA) is 23.6 Å². The molecule has 4 rings (SSSR count). The molecule has 2 saturated carbocycles. The summed E-state index contributed by atoms with van der Waals surface area (Å²) < 4.78 is 0. The van der Waals surface area contributed by atoms with Crippen molar-refractivity contribution in [2.45, 2.75) is 76.3 Å². The van der Waals surface area contributed by atoms with Gasteiger partial charge in [-0.05, 0) is 49.9 Å². The Kier molecular flexibility index (Phi) is 6.31. The molecule has 0 N–H and O–H groups in total. The second-order valence-electron chi connectivity index (χ2n) is 8.28. The number of carbonyl (C=O) groups is 1. The predicted octanol–water partition coefficient (Wildman–Crippen LogP) is 6.91. The van der Waals surface area contributed by atoms with Crippen LogP contribution in [0.4, 0.5) is 16.2 Å². The van der Waals surface area contributed by atoms with E-state index in [0.29, 0.717) is 12.1 Å². The van der Waals surface area contributed by atoms with Crippen molar-refractivity contribution in [3.05, 3.63) is 60.7 Å². The summed E-state index contributed by atoms with van der Waals surface area (Å²) in [6, 6.07) is 21.2. The van der Waals surface area contributed by atoms with E-state index in [1.54, 1.807) is 0 Å². The zero-order chi connectivity index (χ0) is 19.2. The highest BCUT2D eigenvalue weighted by Crippen LogP contribution is 2.34. The van der Waals surface area contributed by atoms with Crippen molar-refractivity contribution in [3.63, 3.8) is 0 Å². The second kappa shape index (κ2) is 9.27. The molecule has 28 heavy (non-hydrogen) atoms. The number of hydrogen-bond acceptors (Lipinski definition) is 1. The number of benzene rings is 2. The maximum Gasteiger partial charge on any atom is 0.329 e. The van der Waals surface area contributed by atoms with Crippen molar-refractivity contribution in [3.8, 4) is 0 Å². The van der Waals surface area contributed by atoms with E-state index >= 15 is 0 Å². The molecule has 0 radical (unpaired) electrons. The lowest BCUT2D eigenvalue weighted by Crippen LogP contribution is -2.53. The summed E-state index contributed by atoms with van der Waals surface area (Å²) in [6.45, 7) is 0. The van der Waals surface area contributed by atoms with Crippen LogP contribution in [-0.4, -0.2) is 23.0 Å². The molecule has 0 heterocycles. The number of carbonyl (C=O) groups excluding carboxylic acids is 1. The van der Waals surface area contributed by atoms with Crippen molar-refractivity contribution in [1.29, 1.82) is 0 Å². The number of urea groups is 1. The fourth-order valence-corrected chi connectivity index (χ4v) is 4.97. The number of amides is 2. The van der Waals surface area contributed by atoms with Crippen molar-refractivity contribution < 1.29 is 4.79 Å². The van der Waals surface area contributed by atoms with E-state index in [1.165, 1.54) is 38.5 Å². The van der Waals surface area contributed by atoms with Gasteiger partial charge in [0.2, 0.25) is 0 Å². The van der Waals surface area contributed by atoms with Gasteiger partial charge in [-0.2, -0.15) is 0 Å². The summed E-state index contributed by atoms with van der Waals surface area (Å²) in [4.78, 5) is 18.3. The van der Waals surface area contributed by atoms with Crippen LogP contribution >= 0.6 is 0 Å². The van der Waals surface area contributed by atoms with E-state index in [-0.39, 0.29) is 6.03 Å². The highest BCUT2D eigenvalue weighted by Gasteiger charge is 2.35. The fraction of sp³-hybridized carbons (Fsp3) is 0.480. The van der Waals surface area contributed by atoms with Gasteiger partial charge >= 0.3 is 6.03 Å². The Balaban J connectivity index is 1.70. The molecular weight excluding hydrogens is 344 g/mol. The van der Waals surface area contributed by atoms with Crippen molar-refractivity contribution in [2.75, 3.05) is 4.90 Å². The highest BCUT2D eigenvalue weighted by molar-refractivity contribution is 5.99. The minimum absolute atomic E-state index is 0.163. The zero-order valence-corrected chi connectivity index (χ0v) is 16.8. The lowest BCUT2D eigenvalue weighted by atomic mass is 9.89. The molecule has 0 atom stereocenters. The molecule has 3 heteroatoms. The van der Waals surface area contributed by atoms with Crippen LogP contribution in [0.25, 0.3) is 0 Å². The molecule has 0 unspecified atom stereocenters. The van der Waals surface area contributed by atoms with Crippen molar-refractivity contribution >= 4 is 17.4 Å². The van der Waals surface area contributed by atoms with E-state index in [2.05, 4.69) is 4.90 Å². The number of rotatable bonds is 4. The fourth-order valence-electron chi connectivity index (χ4n) is 4.97. The van der Waals surface area contributed by atoms with Gasteiger partial charge in [0.05, 0.1) is 11.4 Å². The van der Waals surface area contributed by atoms with E-state index in [0.717, 1.165) is 37.1 Å². The first kappa shape index (κ1) is 19.0. The monoisotopic (exact) mass is 376 g/mol. The van der Waals surface area contributed by atoms with E-state index in [1.807, 2.05) is 65.6 Å². The van der Waals surface area contributed by atoms with Crippen LogP contribution in [0, 0.1) is 0 Å². The molecule has 0 aliphatic heterocycles. The quantitative estimate of drug-likeness (QED) is 0.568. The minimum Gasteiger partial charge on any atom is -0.318 e. The van der Waals surface area contributed by atoms with Gasteiger partial charge in [0.25, 0.3) is 0 Å². The molecule has 2 aliphatic carbocycles. The molecule has 2 fully saturated rings. The van der Waals surface area contributed by atoms with Gasteiger partial charge in [-0.25, -0.2) is 4.79 Å². The summed E-state index contributed by atoms with van der Waals surface area (Å²) in [7, 11) is 0. The minimum atomic E-state index is 0.163. The Labute approximate surface area is 169 Å². The molecule has 2 aromatic rings. The molecule has 2 aliphatic rings. The van der Waals surface area contributed by atoms with Crippen LogP contribution in [0.15, 0.2) is 60.7 Å². The van der Waals surface area contributed by atoms with Crippen LogP contribution < -0.4 is 4.90 Å². The molecule has 0 aromatic heterocycles. The van der Waals surface area contributed by atoms with Crippen molar-refractivity contribution in [1.82, 2.24) is 4.90 Å². The number of nitrogens with zero attached hydrogens (tertiary/aromatic N) is 2. The van der Waals surface area contributed by atoms with Crippen LogP contribution in [0.5, 0.6) is 0 Å². The predicted molar refractivity (Wildman–Crippen MR) is 116 cm³/mol. The second-order valence-corrected chi connectivity index (χ2v) is 8.28. The third-order valence-electron chi connectivity index (χ3n) is 6.38. The Morgan fingerprint density at radius 1 is 0.607 bits per heavy atom. The van der Waals surface area contributed by atoms with Crippen LogP contribution in [-0.2, 0) is 0 Å². The highest BCUT2D eigenvalue weighted by atomic mass is 16.2. The molecule has 0 saturated heterocycles. The Morgan fingerprint density at radius 2 is 1.00 bits per heavy atom. The summed E-state index contributed by atoms with van der Waals surface area (Å²) in [5.41, 5.74) is 1.91. The van der Waals surface area contributed by atoms with Crippen molar-refractivity contribution in [2.24, 2.45) is 0 Å². The first-order valence-electron chi connectivity index (χ1n) is 11.1. The summed E-state index contributed by atoms with van der Waals surface area (Å²) in [6.07, 6.45) is 12.2. The normalized spacial score (nSPS) is 18.6. The SMILES string of the molecule is O=C(N(c1ccccc1)c1ccccc1)N(C1CCCCC1)C1CCCCC1. The first-order valence-corrected chi connectivity index (χ1v) is 11.1. The lowest BCUT2D eigenvalue weighted by Gasteiger charge is -2.44. The maximum atomic E-state index is 14.1. The number of hydrogen-bond donors (Lipinski definition) is 0. The molecule has 2 amide bonds. The van der Waals surface area contributed by atoms with Gasteiger partial charge in [-0.15, -0.1) is 0 Å². The molecule has 148 valence electrons. The molecule has 0 bridgehead atoms. The first-order chi connectivity index (χ1) is 13.8. The molecule has 3 nitrogen and oxygen atoms in total. The van der Waals surface area contributed by atoms with E-state index < -0.39 is 0 Å². The van der Waals surface area contributed by atoms with E-state index in [9.17, 15) is 4.79 Å². The maximum absolute atomic E-state index is 14.1. The molecular formula is C25H32N2O. The van der Waals surface area contributed by atoms with Gasteiger partial charge in [-0.1, -0.05) is 74.9 Å². The average molecular weight is 377 g/mol. The zero-order valence-electron chi connectivity index (χ0n) is 16.8. The Morgan fingerprint density at radius 3 is 1.39 bits per heavy atom. The largest absolute Gasteiger partial charge is 0.329 e. The lowest BCUT2D eigenvalue weighted by molar-refractivity contribution is 0.111. The van der Waals surface area contributed by atoms with Crippen LogP contribution in [0.1, 0.15) is 64.2 Å². The Hall–Kier alpha value is -2.29. The van der Waals surface area contributed by atoms with Gasteiger partial charge in [0.15, 0.2) is 0 Å². The Bertz CT molecular complexity index is 676.